The van der Waals surface area contributed by atoms with Crippen LogP contribution in [0.1, 0.15) is 16.7 Å². The lowest BCUT2D eigenvalue weighted by atomic mass is 10.1. The summed E-state index contributed by atoms with van der Waals surface area (Å²) < 4.78 is 1.99. The van der Waals surface area contributed by atoms with Gasteiger partial charge in [0.2, 0.25) is 5.91 Å². The van der Waals surface area contributed by atoms with Gasteiger partial charge in [0, 0.05) is 23.6 Å². The standard InChI is InChI=1S/C24H23N5OS/c1-16-8-4-5-12-20(16)29-23(19-11-7-13-25-14-19)27-28-24(29)31-15-21(30)26-22-17(2)9-6-10-18(22)3/h4-14H,15H2,1-3H3,(H,26,30). The van der Waals surface area contributed by atoms with Gasteiger partial charge in [-0.1, -0.05) is 48.2 Å². The Morgan fingerprint density at radius 1 is 0.935 bits per heavy atom. The predicted octanol–water partition coefficient (Wildman–Crippen LogP) is 4.99. The minimum atomic E-state index is -0.0790. The van der Waals surface area contributed by atoms with E-state index < -0.39 is 0 Å². The summed E-state index contributed by atoms with van der Waals surface area (Å²) in [5.41, 5.74) is 5.88. The highest BCUT2D eigenvalue weighted by atomic mass is 32.2. The Bertz CT molecular complexity index is 1200. The second-order valence-corrected chi connectivity index (χ2v) is 8.22. The van der Waals surface area contributed by atoms with Crippen molar-refractivity contribution < 1.29 is 4.79 Å². The van der Waals surface area contributed by atoms with Crippen molar-refractivity contribution in [1.29, 1.82) is 0 Å². The Morgan fingerprint density at radius 2 is 1.68 bits per heavy atom. The molecule has 0 unspecified atom stereocenters. The van der Waals surface area contributed by atoms with E-state index in [9.17, 15) is 4.79 Å². The lowest BCUT2D eigenvalue weighted by Crippen LogP contribution is -2.16. The quantitative estimate of drug-likeness (QED) is 0.437. The van der Waals surface area contributed by atoms with Crippen LogP contribution in [0, 0.1) is 20.8 Å². The van der Waals surface area contributed by atoms with E-state index in [4.69, 9.17) is 0 Å². The monoisotopic (exact) mass is 429 g/mol. The first-order chi connectivity index (χ1) is 15.0. The van der Waals surface area contributed by atoms with Crippen LogP contribution < -0.4 is 5.32 Å². The molecule has 2 aromatic carbocycles. The lowest BCUT2D eigenvalue weighted by molar-refractivity contribution is -0.113. The number of carbonyl (C=O) groups excluding carboxylic acids is 1. The Kier molecular flexibility index (Phi) is 6.13. The molecule has 7 heteroatoms. The zero-order valence-electron chi connectivity index (χ0n) is 17.7. The molecule has 156 valence electrons. The normalized spacial score (nSPS) is 10.8. The number of carbonyl (C=O) groups is 1. The number of aromatic nitrogens is 4. The molecular formula is C24H23N5OS. The fourth-order valence-electron chi connectivity index (χ4n) is 3.39. The molecule has 0 saturated carbocycles. The van der Waals surface area contributed by atoms with E-state index in [2.05, 4.69) is 20.5 Å². The minimum Gasteiger partial charge on any atom is -0.325 e. The fourth-order valence-corrected chi connectivity index (χ4v) is 4.14. The van der Waals surface area contributed by atoms with Crippen molar-refractivity contribution >= 4 is 23.4 Å². The van der Waals surface area contributed by atoms with Crippen LogP contribution in [-0.2, 0) is 4.79 Å². The number of rotatable bonds is 6. The van der Waals surface area contributed by atoms with Gasteiger partial charge in [-0.15, -0.1) is 10.2 Å². The summed E-state index contributed by atoms with van der Waals surface area (Å²) in [6.45, 7) is 6.03. The zero-order chi connectivity index (χ0) is 21.8. The number of para-hydroxylation sites is 2. The fraction of sp³-hybridized carbons (Fsp3) is 0.167. The summed E-state index contributed by atoms with van der Waals surface area (Å²) in [6, 6.07) is 17.8. The topological polar surface area (TPSA) is 72.7 Å². The number of hydrogen-bond donors (Lipinski definition) is 1. The average molecular weight is 430 g/mol. The van der Waals surface area contributed by atoms with Crippen molar-refractivity contribution in [2.24, 2.45) is 0 Å². The third kappa shape index (κ3) is 4.51. The van der Waals surface area contributed by atoms with E-state index in [1.165, 1.54) is 11.8 Å². The van der Waals surface area contributed by atoms with Crippen LogP contribution in [0.25, 0.3) is 17.1 Å². The molecule has 31 heavy (non-hydrogen) atoms. The number of anilines is 1. The van der Waals surface area contributed by atoms with Crippen LogP contribution in [0.4, 0.5) is 5.69 Å². The van der Waals surface area contributed by atoms with Gasteiger partial charge in [0.05, 0.1) is 11.4 Å². The second-order valence-electron chi connectivity index (χ2n) is 7.27. The molecule has 4 aromatic rings. The number of thioether (sulfide) groups is 1. The molecule has 2 heterocycles. The van der Waals surface area contributed by atoms with Gasteiger partial charge in [0.25, 0.3) is 0 Å². The minimum absolute atomic E-state index is 0.0790. The molecule has 0 aliphatic rings. The second kappa shape index (κ2) is 9.14. The molecule has 0 spiro atoms. The van der Waals surface area contributed by atoms with Crippen LogP contribution in [-0.4, -0.2) is 31.4 Å². The molecule has 0 atom stereocenters. The van der Waals surface area contributed by atoms with E-state index in [0.29, 0.717) is 11.0 Å². The maximum absolute atomic E-state index is 12.7. The summed E-state index contributed by atoms with van der Waals surface area (Å²) in [7, 11) is 0. The largest absolute Gasteiger partial charge is 0.325 e. The number of nitrogens with zero attached hydrogens (tertiary/aromatic N) is 4. The number of benzene rings is 2. The molecule has 0 bridgehead atoms. The summed E-state index contributed by atoms with van der Waals surface area (Å²) in [4.78, 5) is 16.9. The summed E-state index contributed by atoms with van der Waals surface area (Å²) in [5, 5.41) is 12.5. The smallest absolute Gasteiger partial charge is 0.234 e. The van der Waals surface area contributed by atoms with Crippen molar-refractivity contribution in [3.8, 4) is 17.1 Å². The number of hydrogen-bond acceptors (Lipinski definition) is 5. The number of aryl methyl sites for hydroxylation is 3. The van der Waals surface area contributed by atoms with Gasteiger partial charge in [0.15, 0.2) is 11.0 Å². The Hall–Kier alpha value is -3.45. The van der Waals surface area contributed by atoms with E-state index >= 15 is 0 Å². The van der Waals surface area contributed by atoms with Gasteiger partial charge in [-0.25, -0.2) is 0 Å². The first-order valence-corrected chi connectivity index (χ1v) is 10.9. The highest BCUT2D eigenvalue weighted by Gasteiger charge is 2.19. The van der Waals surface area contributed by atoms with Crippen LogP contribution in [0.15, 0.2) is 72.1 Å². The van der Waals surface area contributed by atoms with Crippen LogP contribution in [0.3, 0.4) is 0 Å². The maximum atomic E-state index is 12.7. The molecule has 1 N–H and O–H groups in total. The Morgan fingerprint density at radius 3 is 2.39 bits per heavy atom. The van der Waals surface area contributed by atoms with Gasteiger partial charge in [0.1, 0.15) is 0 Å². The first kappa shape index (κ1) is 20.8. The highest BCUT2D eigenvalue weighted by molar-refractivity contribution is 7.99. The van der Waals surface area contributed by atoms with Crippen LogP contribution in [0.5, 0.6) is 0 Å². The molecular weight excluding hydrogens is 406 g/mol. The van der Waals surface area contributed by atoms with Crippen molar-refractivity contribution in [3.05, 3.63) is 83.7 Å². The molecule has 0 saturated heterocycles. The summed E-state index contributed by atoms with van der Waals surface area (Å²) >= 11 is 1.36. The molecule has 0 aliphatic carbocycles. The average Bonchev–Trinajstić information content (AvgIpc) is 3.19. The molecule has 0 radical (unpaired) electrons. The van der Waals surface area contributed by atoms with E-state index in [1.807, 2.05) is 79.9 Å². The zero-order valence-corrected chi connectivity index (χ0v) is 18.5. The summed E-state index contributed by atoms with van der Waals surface area (Å²) in [6.07, 6.45) is 3.49. The SMILES string of the molecule is Cc1ccccc1-n1c(SCC(=O)Nc2c(C)cccc2C)nnc1-c1cccnc1. The molecule has 2 aromatic heterocycles. The first-order valence-electron chi connectivity index (χ1n) is 9.95. The Balaban J connectivity index is 1.62. The van der Waals surface area contributed by atoms with Crippen LogP contribution in [0.2, 0.25) is 0 Å². The molecule has 4 rings (SSSR count). The number of amides is 1. The van der Waals surface area contributed by atoms with E-state index in [0.717, 1.165) is 33.6 Å². The molecule has 0 fully saturated rings. The van der Waals surface area contributed by atoms with Crippen molar-refractivity contribution in [2.75, 3.05) is 11.1 Å². The van der Waals surface area contributed by atoms with Crippen molar-refractivity contribution in [1.82, 2.24) is 19.7 Å². The van der Waals surface area contributed by atoms with Crippen molar-refractivity contribution in [3.63, 3.8) is 0 Å². The number of nitrogens with one attached hydrogen (secondary N) is 1. The lowest BCUT2D eigenvalue weighted by Gasteiger charge is -2.13. The van der Waals surface area contributed by atoms with Crippen LogP contribution >= 0.6 is 11.8 Å². The van der Waals surface area contributed by atoms with Gasteiger partial charge >= 0.3 is 0 Å². The summed E-state index contributed by atoms with van der Waals surface area (Å²) in [5.74, 6) is 0.842. The Labute approximate surface area is 185 Å². The van der Waals surface area contributed by atoms with Gasteiger partial charge < -0.3 is 5.32 Å². The van der Waals surface area contributed by atoms with E-state index in [-0.39, 0.29) is 11.7 Å². The number of pyridine rings is 1. The third-order valence-corrected chi connectivity index (χ3v) is 5.92. The highest BCUT2D eigenvalue weighted by Crippen LogP contribution is 2.29. The van der Waals surface area contributed by atoms with Gasteiger partial charge in [-0.3, -0.25) is 14.3 Å². The molecule has 1 amide bonds. The van der Waals surface area contributed by atoms with Gasteiger partial charge in [-0.2, -0.15) is 0 Å². The van der Waals surface area contributed by atoms with E-state index in [1.54, 1.807) is 12.4 Å². The predicted molar refractivity (Wildman–Crippen MR) is 125 cm³/mol. The third-order valence-electron chi connectivity index (χ3n) is 4.99. The maximum Gasteiger partial charge on any atom is 0.234 e. The molecule has 0 aliphatic heterocycles. The van der Waals surface area contributed by atoms with Gasteiger partial charge in [-0.05, 0) is 55.7 Å². The van der Waals surface area contributed by atoms with Crippen molar-refractivity contribution in [2.45, 2.75) is 25.9 Å². The molecule has 6 nitrogen and oxygen atoms in total.